The van der Waals surface area contributed by atoms with Crippen molar-refractivity contribution in [2.45, 2.75) is 13.8 Å². The summed E-state index contributed by atoms with van der Waals surface area (Å²) in [5.74, 6) is 1.51. The Morgan fingerprint density at radius 3 is 2.70 bits per heavy atom. The Labute approximate surface area is 149 Å². The smallest absolute Gasteiger partial charge is 0.145 e. The molecule has 2 aromatic carbocycles. The fourth-order valence-corrected chi connectivity index (χ4v) is 3.11. The van der Waals surface area contributed by atoms with Gasteiger partial charge >= 0.3 is 0 Å². The van der Waals surface area contributed by atoms with Gasteiger partial charge in [0.15, 0.2) is 0 Å². The van der Waals surface area contributed by atoms with Crippen LogP contribution in [0.4, 0.5) is 5.69 Å². The number of hydrogen-bond acceptors (Lipinski definition) is 2. The largest absolute Gasteiger partial charge is 0.455 e. The van der Waals surface area contributed by atoms with Crippen molar-refractivity contribution >= 4 is 39.4 Å². The van der Waals surface area contributed by atoms with Gasteiger partial charge in [-0.3, -0.25) is 4.99 Å². The van der Waals surface area contributed by atoms with Crippen molar-refractivity contribution in [3.8, 4) is 11.3 Å². The molecule has 0 fully saturated rings. The van der Waals surface area contributed by atoms with Crippen LogP contribution in [0.25, 0.3) is 11.3 Å². The Balaban J connectivity index is 1.87. The molecule has 0 saturated heterocycles. The van der Waals surface area contributed by atoms with E-state index in [4.69, 9.17) is 16.0 Å². The second-order valence-corrected chi connectivity index (χ2v) is 6.59. The molecule has 0 atom stereocenters. The van der Waals surface area contributed by atoms with Crippen LogP contribution in [-0.2, 0) is 0 Å². The van der Waals surface area contributed by atoms with E-state index in [9.17, 15) is 0 Å². The quantitative estimate of drug-likeness (QED) is 0.457. The summed E-state index contributed by atoms with van der Waals surface area (Å²) in [6.07, 6.45) is 1.71. The number of halogens is 2. The average Bonchev–Trinajstić information content (AvgIpc) is 2.97. The van der Waals surface area contributed by atoms with Gasteiger partial charge < -0.3 is 4.42 Å². The summed E-state index contributed by atoms with van der Waals surface area (Å²) in [5.41, 5.74) is 4.02. The molecule has 0 spiro atoms. The van der Waals surface area contributed by atoms with Gasteiger partial charge in [-0.25, -0.2) is 0 Å². The third kappa shape index (κ3) is 3.57. The molecule has 3 aromatic rings. The summed E-state index contributed by atoms with van der Waals surface area (Å²) in [7, 11) is 0. The standard InChI is InChI=1S/C19H15BrClNO/c1-12-6-8-15(16(20)10-12)19-9-7-14(23-19)11-22-18-5-3-4-17(21)13(18)2/h3-11H,1-2H3. The normalized spacial score (nSPS) is 11.3. The van der Waals surface area contributed by atoms with Crippen LogP contribution in [0.15, 0.2) is 62.4 Å². The number of benzene rings is 2. The number of hydrogen-bond donors (Lipinski definition) is 0. The molecule has 116 valence electrons. The molecule has 0 aliphatic heterocycles. The molecule has 4 heteroatoms. The molecular weight excluding hydrogens is 374 g/mol. The molecule has 0 aliphatic rings. The topological polar surface area (TPSA) is 25.5 Å². The first-order valence-corrected chi connectivity index (χ1v) is 8.37. The zero-order valence-corrected chi connectivity index (χ0v) is 15.1. The highest BCUT2D eigenvalue weighted by Crippen LogP contribution is 2.30. The van der Waals surface area contributed by atoms with E-state index in [1.54, 1.807) is 6.21 Å². The summed E-state index contributed by atoms with van der Waals surface area (Å²) < 4.78 is 6.88. The van der Waals surface area contributed by atoms with Crippen molar-refractivity contribution in [2.24, 2.45) is 4.99 Å². The number of nitrogens with zero attached hydrogens (tertiary/aromatic N) is 1. The van der Waals surface area contributed by atoms with Crippen molar-refractivity contribution in [2.75, 3.05) is 0 Å². The highest BCUT2D eigenvalue weighted by Gasteiger charge is 2.08. The summed E-state index contributed by atoms with van der Waals surface area (Å²) in [6, 6.07) is 15.7. The van der Waals surface area contributed by atoms with Crippen LogP contribution >= 0.6 is 27.5 Å². The monoisotopic (exact) mass is 387 g/mol. The summed E-state index contributed by atoms with van der Waals surface area (Å²) in [6.45, 7) is 4.01. The summed E-state index contributed by atoms with van der Waals surface area (Å²) in [5, 5.41) is 0.711. The Hall–Kier alpha value is -1.84. The highest BCUT2D eigenvalue weighted by atomic mass is 79.9. The SMILES string of the molecule is Cc1ccc(-c2ccc(C=Nc3cccc(Cl)c3C)o2)c(Br)c1. The van der Waals surface area contributed by atoms with Crippen LogP contribution in [-0.4, -0.2) is 6.21 Å². The minimum absolute atomic E-state index is 0.701. The van der Waals surface area contributed by atoms with Gasteiger partial charge in [-0.1, -0.05) is 39.7 Å². The first kappa shape index (κ1) is 16.0. The van der Waals surface area contributed by atoms with Crippen LogP contribution in [0, 0.1) is 13.8 Å². The maximum absolute atomic E-state index is 6.11. The van der Waals surface area contributed by atoms with Crippen LogP contribution < -0.4 is 0 Å². The van der Waals surface area contributed by atoms with Gasteiger partial charge in [0, 0.05) is 15.1 Å². The lowest BCUT2D eigenvalue weighted by Crippen LogP contribution is -1.80. The number of aliphatic imine (C=N–C) groups is 1. The molecule has 23 heavy (non-hydrogen) atoms. The predicted octanol–water partition coefficient (Wildman–Crippen LogP) is 6.73. The van der Waals surface area contributed by atoms with Gasteiger partial charge in [-0.15, -0.1) is 0 Å². The number of rotatable bonds is 3. The molecule has 0 radical (unpaired) electrons. The molecule has 1 aromatic heterocycles. The van der Waals surface area contributed by atoms with Crippen molar-refractivity contribution in [3.05, 3.63) is 74.9 Å². The van der Waals surface area contributed by atoms with E-state index in [0.29, 0.717) is 10.8 Å². The van der Waals surface area contributed by atoms with E-state index >= 15 is 0 Å². The van der Waals surface area contributed by atoms with Gasteiger partial charge in [-0.2, -0.15) is 0 Å². The molecule has 0 N–H and O–H groups in total. The molecule has 3 rings (SSSR count). The Bertz CT molecular complexity index is 883. The lowest BCUT2D eigenvalue weighted by Gasteiger charge is -2.02. The van der Waals surface area contributed by atoms with Crippen molar-refractivity contribution < 1.29 is 4.42 Å². The highest BCUT2D eigenvalue weighted by molar-refractivity contribution is 9.10. The summed E-state index contributed by atoms with van der Waals surface area (Å²) in [4.78, 5) is 4.47. The van der Waals surface area contributed by atoms with Gasteiger partial charge in [0.05, 0.1) is 11.9 Å². The average molecular weight is 389 g/mol. The fourth-order valence-electron chi connectivity index (χ4n) is 2.26. The van der Waals surface area contributed by atoms with E-state index < -0.39 is 0 Å². The number of furan rings is 1. The molecule has 0 amide bonds. The van der Waals surface area contributed by atoms with Crippen LogP contribution in [0.1, 0.15) is 16.9 Å². The van der Waals surface area contributed by atoms with Gasteiger partial charge in [-0.05, 0) is 61.4 Å². The minimum atomic E-state index is 0.701. The van der Waals surface area contributed by atoms with Crippen molar-refractivity contribution in [1.82, 2.24) is 0 Å². The second-order valence-electron chi connectivity index (χ2n) is 5.33. The lowest BCUT2D eigenvalue weighted by molar-refractivity contribution is 0.575. The van der Waals surface area contributed by atoms with E-state index in [1.165, 1.54) is 5.56 Å². The fraction of sp³-hybridized carbons (Fsp3) is 0.105. The van der Waals surface area contributed by atoms with Gasteiger partial charge in [0.25, 0.3) is 0 Å². The molecule has 2 nitrogen and oxygen atoms in total. The lowest BCUT2D eigenvalue weighted by atomic mass is 10.1. The second kappa shape index (κ2) is 6.73. The maximum Gasteiger partial charge on any atom is 0.145 e. The molecule has 0 bridgehead atoms. The minimum Gasteiger partial charge on any atom is -0.455 e. The van der Waals surface area contributed by atoms with Crippen LogP contribution in [0.3, 0.4) is 0 Å². The Morgan fingerprint density at radius 1 is 1.09 bits per heavy atom. The zero-order chi connectivity index (χ0) is 16.4. The van der Waals surface area contributed by atoms with Crippen LogP contribution in [0.2, 0.25) is 5.02 Å². The molecule has 0 saturated carbocycles. The van der Waals surface area contributed by atoms with E-state index in [0.717, 1.165) is 27.0 Å². The third-order valence-corrected chi connectivity index (χ3v) is 4.65. The van der Waals surface area contributed by atoms with E-state index in [2.05, 4.69) is 40.0 Å². The molecule has 1 heterocycles. The predicted molar refractivity (Wildman–Crippen MR) is 100 cm³/mol. The molecule has 0 unspecified atom stereocenters. The van der Waals surface area contributed by atoms with Gasteiger partial charge in [0.2, 0.25) is 0 Å². The molecular formula is C19H15BrClNO. The van der Waals surface area contributed by atoms with Gasteiger partial charge in [0.1, 0.15) is 11.5 Å². The van der Waals surface area contributed by atoms with Crippen LogP contribution in [0.5, 0.6) is 0 Å². The van der Waals surface area contributed by atoms with Crippen molar-refractivity contribution in [3.63, 3.8) is 0 Å². The summed E-state index contributed by atoms with van der Waals surface area (Å²) >= 11 is 9.69. The Kier molecular flexibility index (Phi) is 4.69. The third-order valence-electron chi connectivity index (χ3n) is 3.59. The van der Waals surface area contributed by atoms with E-state index in [1.807, 2.05) is 43.3 Å². The first-order chi connectivity index (χ1) is 11.0. The Morgan fingerprint density at radius 2 is 1.91 bits per heavy atom. The molecule has 0 aliphatic carbocycles. The van der Waals surface area contributed by atoms with Crippen molar-refractivity contribution in [1.29, 1.82) is 0 Å². The van der Waals surface area contributed by atoms with E-state index in [-0.39, 0.29) is 0 Å². The first-order valence-electron chi connectivity index (χ1n) is 7.20. The zero-order valence-electron chi connectivity index (χ0n) is 12.8. The number of aryl methyl sites for hydroxylation is 1. The maximum atomic E-state index is 6.11.